The Labute approximate surface area is 126 Å². The SMILES string of the molecule is CN1C(=O)CNC2=C1C=NC(Cl)=CN2c1ccccc1F. The molecule has 0 aromatic heterocycles. The summed E-state index contributed by atoms with van der Waals surface area (Å²) in [5.74, 6) is 0.0571. The number of allylic oxidation sites excluding steroid dienone is 1. The van der Waals surface area contributed by atoms with Crippen LogP contribution in [0.25, 0.3) is 0 Å². The molecule has 3 rings (SSSR count). The first-order valence-corrected chi connectivity index (χ1v) is 6.65. The first-order chi connectivity index (χ1) is 10.1. The lowest BCUT2D eigenvalue weighted by atomic mass is 10.2. The molecule has 21 heavy (non-hydrogen) atoms. The second kappa shape index (κ2) is 5.21. The second-order valence-corrected chi connectivity index (χ2v) is 4.96. The molecule has 0 radical (unpaired) electrons. The summed E-state index contributed by atoms with van der Waals surface area (Å²) in [6.07, 6.45) is 2.99. The zero-order chi connectivity index (χ0) is 15.0. The van der Waals surface area contributed by atoms with Crippen LogP contribution in [-0.4, -0.2) is 30.6 Å². The van der Waals surface area contributed by atoms with Crippen LogP contribution in [0, 0.1) is 5.82 Å². The number of benzene rings is 1. The number of amides is 1. The number of nitrogens with one attached hydrogen (secondary N) is 1. The monoisotopic (exact) mass is 306 g/mol. The fourth-order valence-corrected chi connectivity index (χ4v) is 2.33. The van der Waals surface area contributed by atoms with Gasteiger partial charge in [0.1, 0.15) is 22.5 Å². The van der Waals surface area contributed by atoms with Crippen LogP contribution in [0.3, 0.4) is 0 Å². The van der Waals surface area contributed by atoms with Crippen molar-refractivity contribution in [3.63, 3.8) is 0 Å². The molecule has 0 saturated carbocycles. The number of hydrogen-bond acceptors (Lipinski definition) is 4. The van der Waals surface area contributed by atoms with Gasteiger partial charge >= 0.3 is 0 Å². The largest absolute Gasteiger partial charge is 0.360 e. The molecule has 1 N–H and O–H groups in total. The highest BCUT2D eigenvalue weighted by Crippen LogP contribution is 2.28. The van der Waals surface area contributed by atoms with Crippen molar-refractivity contribution in [1.82, 2.24) is 10.2 Å². The molecular formula is C14H12ClFN4O. The molecule has 0 fully saturated rings. The predicted octanol–water partition coefficient (Wildman–Crippen LogP) is 1.98. The molecule has 5 nitrogen and oxygen atoms in total. The summed E-state index contributed by atoms with van der Waals surface area (Å²) in [6, 6.07) is 6.33. The molecule has 7 heteroatoms. The van der Waals surface area contributed by atoms with Crippen LogP contribution >= 0.6 is 11.6 Å². The van der Waals surface area contributed by atoms with E-state index >= 15 is 0 Å². The van der Waals surface area contributed by atoms with Crippen LogP contribution in [-0.2, 0) is 4.79 Å². The van der Waals surface area contributed by atoms with Gasteiger partial charge in [-0.2, -0.15) is 0 Å². The lowest BCUT2D eigenvalue weighted by Crippen LogP contribution is -2.46. The van der Waals surface area contributed by atoms with Crippen LogP contribution in [0.15, 0.2) is 52.1 Å². The van der Waals surface area contributed by atoms with E-state index < -0.39 is 5.82 Å². The topological polar surface area (TPSA) is 47.9 Å². The predicted molar refractivity (Wildman–Crippen MR) is 79.1 cm³/mol. The molecule has 0 saturated heterocycles. The normalized spacial score (nSPS) is 18.2. The van der Waals surface area contributed by atoms with Crippen molar-refractivity contribution < 1.29 is 9.18 Å². The fraction of sp³-hybridized carbons (Fsp3) is 0.143. The Hall–Kier alpha value is -2.34. The van der Waals surface area contributed by atoms with Crippen LogP contribution in [0.2, 0.25) is 0 Å². The molecule has 2 heterocycles. The molecule has 0 atom stereocenters. The fourth-order valence-electron chi connectivity index (χ4n) is 2.18. The molecule has 0 unspecified atom stereocenters. The summed E-state index contributed by atoms with van der Waals surface area (Å²) in [4.78, 5) is 18.8. The highest BCUT2D eigenvalue weighted by atomic mass is 35.5. The molecule has 1 aromatic carbocycles. The van der Waals surface area contributed by atoms with E-state index in [1.54, 1.807) is 30.1 Å². The Balaban J connectivity index is 2.16. The number of nitrogens with zero attached hydrogens (tertiary/aromatic N) is 3. The Morgan fingerprint density at radius 2 is 2.14 bits per heavy atom. The van der Waals surface area contributed by atoms with E-state index in [9.17, 15) is 9.18 Å². The molecule has 0 bridgehead atoms. The van der Waals surface area contributed by atoms with Gasteiger partial charge in [-0.15, -0.1) is 0 Å². The van der Waals surface area contributed by atoms with Crippen molar-refractivity contribution in [2.24, 2.45) is 4.99 Å². The molecule has 108 valence electrons. The van der Waals surface area contributed by atoms with E-state index in [-0.39, 0.29) is 17.6 Å². The Bertz CT molecular complexity index is 698. The number of anilines is 1. The van der Waals surface area contributed by atoms with Crippen molar-refractivity contribution in [2.75, 3.05) is 18.5 Å². The summed E-state index contributed by atoms with van der Waals surface area (Å²) in [6.45, 7) is 0.125. The van der Waals surface area contributed by atoms with Gasteiger partial charge in [0, 0.05) is 13.2 Å². The van der Waals surface area contributed by atoms with E-state index in [0.29, 0.717) is 17.2 Å². The zero-order valence-corrected chi connectivity index (χ0v) is 11.9. The van der Waals surface area contributed by atoms with Gasteiger partial charge in [-0.05, 0) is 12.1 Å². The van der Waals surface area contributed by atoms with Crippen LogP contribution in [0.4, 0.5) is 10.1 Å². The summed E-state index contributed by atoms with van der Waals surface area (Å²) in [5, 5.41) is 3.18. The highest BCUT2D eigenvalue weighted by molar-refractivity contribution is 6.30. The van der Waals surface area contributed by atoms with Gasteiger partial charge in [-0.3, -0.25) is 9.69 Å². The van der Waals surface area contributed by atoms with E-state index in [1.807, 2.05) is 0 Å². The molecule has 1 aromatic rings. The number of carbonyl (C=O) groups is 1. The minimum atomic E-state index is -0.395. The minimum Gasteiger partial charge on any atom is -0.360 e. The van der Waals surface area contributed by atoms with Gasteiger partial charge in [0.15, 0.2) is 0 Å². The quantitative estimate of drug-likeness (QED) is 0.807. The number of hydrogen-bond donors (Lipinski definition) is 1. The average Bonchev–Trinajstić information content (AvgIpc) is 2.63. The smallest absolute Gasteiger partial charge is 0.246 e. The summed E-state index contributed by atoms with van der Waals surface area (Å²) >= 11 is 6.01. The lowest BCUT2D eigenvalue weighted by molar-refractivity contribution is -0.127. The van der Waals surface area contributed by atoms with Crippen molar-refractivity contribution in [2.45, 2.75) is 0 Å². The maximum atomic E-state index is 14.1. The van der Waals surface area contributed by atoms with Crippen molar-refractivity contribution in [3.8, 4) is 0 Å². The maximum absolute atomic E-state index is 14.1. The third-order valence-electron chi connectivity index (χ3n) is 3.28. The van der Waals surface area contributed by atoms with Gasteiger partial charge in [0.25, 0.3) is 0 Å². The molecule has 2 aliphatic heterocycles. The summed E-state index contributed by atoms with van der Waals surface area (Å²) < 4.78 is 14.1. The first kappa shape index (κ1) is 13.6. The standard InChI is InChI=1S/C14H12ClFN4O/c1-19-11-6-17-12(15)8-20(14(11)18-7-13(19)21)10-5-3-2-4-9(10)16/h2-6,8,18H,7H2,1H3. The Morgan fingerprint density at radius 1 is 1.38 bits per heavy atom. The summed E-state index contributed by atoms with van der Waals surface area (Å²) in [7, 11) is 1.64. The van der Waals surface area contributed by atoms with E-state index in [4.69, 9.17) is 11.6 Å². The van der Waals surface area contributed by atoms with Gasteiger partial charge in [-0.1, -0.05) is 23.7 Å². The van der Waals surface area contributed by atoms with E-state index in [2.05, 4.69) is 10.3 Å². The maximum Gasteiger partial charge on any atom is 0.246 e. The summed E-state index contributed by atoms with van der Waals surface area (Å²) in [5.41, 5.74) is 0.852. The third-order valence-corrected chi connectivity index (χ3v) is 3.48. The lowest BCUT2D eigenvalue weighted by Gasteiger charge is -2.32. The first-order valence-electron chi connectivity index (χ1n) is 6.28. The highest BCUT2D eigenvalue weighted by Gasteiger charge is 2.28. The van der Waals surface area contributed by atoms with E-state index in [0.717, 1.165) is 0 Å². The number of halogens is 2. The van der Waals surface area contributed by atoms with Crippen molar-refractivity contribution in [3.05, 3.63) is 53.0 Å². The molecule has 1 amide bonds. The zero-order valence-electron chi connectivity index (χ0n) is 11.2. The minimum absolute atomic E-state index is 0.105. The van der Waals surface area contributed by atoms with Gasteiger partial charge in [0.05, 0.1) is 18.4 Å². The molecule has 0 aliphatic carbocycles. The number of likely N-dealkylation sites (N-methyl/N-ethyl adjacent to an activating group) is 1. The van der Waals surface area contributed by atoms with E-state index in [1.165, 1.54) is 23.4 Å². The van der Waals surface area contributed by atoms with Crippen LogP contribution in [0.5, 0.6) is 0 Å². The second-order valence-electron chi connectivity index (χ2n) is 4.57. The Morgan fingerprint density at radius 3 is 2.90 bits per heavy atom. The Kier molecular flexibility index (Phi) is 3.39. The van der Waals surface area contributed by atoms with Crippen LogP contribution < -0.4 is 10.2 Å². The van der Waals surface area contributed by atoms with Crippen molar-refractivity contribution >= 4 is 29.4 Å². The van der Waals surface area contributed by atoms with Gasteiger partial charge < -0.3 is 10.2 Å². The van der Waals surface area contributed by atoms with Gasteiger partial charge in [0.2, 0.25) is 5.91 Å². The van der Waals surface area contributed by atoms with Crippen molar-refractivity contribution in [1.29, 1.82) is 0 Å². The molecule has 0 spiro atoms. The number of para-hydroxylation sites is 1. The van der Waals surface area contributed by atoms with Crippen LogP contribution in [0.1, 0.15) is 0 Å². The molecule has 2 aliphatic rings. The number of aliphatic imine (C=N–C) groups is 1. The average molecular weight is 307 g/mol. The molecular weight excluding hydrogens is 295 g/mol. The van der Waals surface area contributed by atoms with Gasteiger partial charge in [-0.25, -0.2) is 9.38 Å². The number of carbonyl (C=O) groups excluding carboxylic acids is 1. The third kappa shape index (κ3) is 2.38. The number of rotatable bonds is 1.